The summed E-state index contributed by atoms with van der Waals surface area (Å²) in [7, 11) is 0. The number of aliphatic imine (C=N–C) groups is 2. The van der Waals surface area contributed by atoms with E-state index in [4.69, 9.17) is 9.98 Å². The second-order valence-corrected chi connectivity index (χ2v) is 7.65. The lowest BCUT2D eigenvalue weighted by Crippen LogP contribution is -2.27. The molecule has 1 aliphatic carbocycles. The first-order chi connectivity index (χ1) is 12.8. The van der Waals surface area contributed by atoms with Gasteiger partial charge in [-0.2, -0.15) is 0 Å². The van der Waals surface area contributed by atoms with Gasteiger partial charge in [-0.25, -0.2) is 0 Å². The van der Waals surface area contributed by atoms with Gasteiger partial charge in [-0.3, -0.25) is 9.98 Å². The average Bonchev–Trinajstić information content (AvgIpc) is 2.71. The van der Waals surface area contributed by atoms with Gasteiger partial charge < -0.3 is 8.60 Å². The van der Waals surface area contributed by atoms with Gasteiger partial charge in [0.25, 0.3) is 0 Å². The molecular weight excluding hydrogens is 350 g/mol. The molecular formula is C20H26Al2N4. The van der Waals surface area contributed by atoms with Crippen LogP contribution in [0.25, 0.3) is 0 Å². The van der Waals surface area contributed by atoms with Gasteiger partial charge >= 0.3 is 33.0 Å². The Bertz CT molecular complexity index is 710. The molecule has 0 amide bonds. The molecule has 2 atom stereocenters. The number of hydrogen-bond donors (Lipinski definition) is 2. The van der Waals surface area contributed by atoms with Crippen molar-refractivity contribution in [1.82, 2.24) is 0 Å². The third-order valence-corrected chi connectivity index (χ3v) is 6.04. The Kier molecular flexibility index (Phi) is 7.36. The highest BCUT2D eigenvalue weighted by molar-refractivity contribution is 6.17. The minimum Gasteiger partial charge on any atom is -0.481 e. The Morgan fingerprint density at radius 2 is 1.15 bits per heavy atom. The van der Waals surface area contributed by atoms with E-state index >= 15 is 0 Å². The molecule has 3 rings (SSSR count). The lowest BCUT2D eigenvalue weighted by Gasteiger charge is -2.25. The van der Waals surface area contributed by atoms with Crippen LogP contribution in [0.15, 0.2) is 58.5 Å². The van der Waals surface area contributed by atoms with Crippen molar-refractivity contribution in [3.05, 3.63) is 59.7 Å². The van der Waals surface area contributed by atoms with Crippen LogP contribution in [-0.4, -0.2) is 57.5 Å². The van der Waals surface area contributed by atoms with E-state index in [1.54, 1.807) is 0 Å². The first-order valence-electron chi connectivity index (χ1n) is 9.41. The molecule has 0 spiro atoms. The predicted molar refractivity (Wildman–Crippen MR) is 118 cm³/mol. The van der Waals surface area contributed by atoms with Crippen molar-refractivity contribution in [3.8, 4) is 0 Å². The second kappa shape index (κ2) is 9.95. The first kappa shape index (κ1) is 19.2. The first-order valence-corrected chi connectivity index (χ1v) is 11.4. The third-order valence-electron chi connectivity index (χ3n) is 4.96. The highest BCUT2D eigenvalue weighted by atomic mass is 27.1. The van der Waals surface area contributed by atoms with E-state index in [-0.39, 0.29) is 12.1 Å². The fourth-order valence-corrected chi connectivity index (χ4v) is 4.38. The number of para-hydroxylation sites is 2. The minimum absolute atomic E-state index is 0.276. The molecule has 2 aromatic carbocycles. The summed E-state index contributed by atoms with van der Waals surface area (Å²) in [5.41, 5.74) is 4.68. The molecule has 1 fully saturated rings. The number of anilines is 2. The molecule has 4 nitrogen and oxygen atoms in total. The van der Waals surface area contributed by atoms with Crippen LogP contribution in [0.5, 0.6) is 0 Å². The van der Waals surface area contributed by atoms with Crippen LogP contribution in [0.2, 0.25) is 0 Å². The summed E-state index contributed by atoms with van der Waals surface area (Å²) < 4.78 is 6.74. The number of hydrogen-bond acceptors (Lipinski definition) is 4. The van der Waals surface area contributed by atoms with E-state index in [1.165, 1.54) is 35.3 Å². The Morgan fingerprint density at radius 1 is 0.731 bits per heavy atom. The van der Waals surface area contributed by atoms with Gasteiger partial charge in [0, 0.05) is 34.9 Å². The highest BCUT2D eigenvalue weighted by Gasteiger charge is 2.23. The smallest absolute Gasteiger partial charge is 0.360 e. The molecule has 0 unspecified atom stereocenters. The maximum absolute atomic E-state index is 4.93. The molecule has 0 radical (unpaired) electrons. The van der Waals surface area contributed by atoms with Gasteiger partial charge in [-0.15, -0.1) is 0 Å². The molecule has 6 heteroatoms. The molecule has 0 aromatic heterocycles. The Labute approximate surface area is 172 Å². The van der Waals surface area contributed by atoms with Crippen molar-refractivity contribution in [2.75, 3.05) is 8.60 Å². The van der Waals surface area contributed by atoms with Gasteiger partial charge in [0.2, 0.25) is 0 Å². The number of nitrogens with zero attached hydrogens (tertiary/aromatic N) is 2. The zero-order valence-electron chi connectivity index (χ0n) is 15.7. The Morgan fingerprint density at radius 3 is 1.58 bits per heavy atom. The van der Waals surface area contributed by atoms with Crippen LogP contribution in [-0.2, 0) is 0 Å². The van der Waals surface area contributed by atoms with Crippen molar-refractivity contribution >= 4 is 56.8 Å². The zero-order valence-corrected chi connectivity index (χ0v) is 19.7. The summed E-state index contributed by atoms with van der Waals surface area (Å²) in [6, 6.07) is 17.3. The maximum Gasteiger partial charge on any atom is 0.360 e. The largest absolute Gasteiger partial charge is 0.481 e. The molecule has 0 heterocycles. The summed E-state index contributed by atoms with van der Waals surface area (Å²) in [4.78, 5) is 9.85. The van der Waals surface area contributed by atoms with Gasteiger partial charge in [0.1, 0.15) is 0 Å². The van der Waals surface area contributed by atoms with Gasteiger partial charge in [-0.1, -0.05) is 49.2 Å². The number of rotatable bonds is 6. The molecule has 1 saturated carbocycles. The lowest BCUT2D eigenvalue weighted by molar-refractivity contribution is 0.390. The molecule has 1 aliphatic rings. The van der Waals surface area contributed by atoms with Crippen molar-refractivity contribution in [3.63, 3.8) is 0 Å². The third kappa shape index (κ3) is 5.00. The van der Waals surface area contributed by atoms with E-state index in [0.29, 0.717) is 0 Å². The summed E-state index contributed by atoms with van der Waals surface area (Å²) in [5, 5.41) is 0. The molecule has 0 saturated heterocycles. The van der Waals surface area contributed by atoms with Crippen LogP contribution in [0.4, 0.5) is 11.4 Å². The quantitative estimate of drug-likeness (QED) is 0.601. The molecule has 26 heavy (non-hydrogen) atoms. The average molecular weight is 376 g/mol. The number of nitrogens with one attached hydrogen (secondary N) is 2. The second-order valence-electron chi connectivity index (χ2n) is 6.65. The number of benzene rings is 2. The summed E-state index contributed by atoms with van der Waals surface area (Å²) in [5.74, 6) is 0. The van der Waals surface area contributed by atoms with Gasteiger partial charge in [-0.05, 0) is 25.0 Å². The molecule has 2 N–H and O–H groups in total. The maximum atomic E-state index is 4.93. The minimum atomic E-state index is 0.276. The van der Waals surface area contributed by atoms with Crippen molar-refractivity contribution in [2.45, 2.75) is 37.8 Å². The van der Waals surface area contributed by atoms with E-state index < -0.39 is 0 Å². The van der Waals surface area contributed by atoms with Crippen LogP contribution in [0.3, 0.4) is 0 Å². The van der Waals surface area contributed by atoms with E-state index in [9.17, 15) is 0 Å². The van der Waals surface area contributed by atoms with E-state index in [1.807, 2.05) is 12.4 Å². The fourth-order valence-electron chi connectivity index (χ4n) is 3.47. The summed E-state index contributed by atoms with van der Waals surface area (Å²) in [6.45, 7) is 0. The van der Waals surface area contributed by atoms with E-state index in [2.05, 4.69) is 57.1 Å². The molecule has 0 bridgehead atoms. The van der Waals surface area contributed by atoms with Crippen molar-refractivity contribution in [2.24, 2.45) is 9.98 Å². The van der Waals surface area contributed by atoms with Crippen molar-refractivity contribution < 1.29 is 0 Å². The fraction of sp³-hybridized carbons (Fsp3) is 0.300. The topological polar surface area (TPSA) is 48.8 Å². The van der Waals surface area contributed by atoms with Gasteiger partial charge in [0.05, 0.1) is 12.1 Å². The van der Waals surface area contributed by atoms with Crippen molar-refractivity contribution in [1.29, 1.82) is 0 Å². The zero-order chi connectivity index (χ0) is 18.2. The SMILES string of the molecule is [AlH2][NH]c1ccccc1C=N[C@@H]1CCCC[C@H]1N=Cc1ccccc1[NH][AlH2]. The van der Waals surface area contributed by atoms with E-state index in [0.717, 1.165) is 45.9 Å². The Hall–Kier alpha value is -1.56. The van der Waals surface area contributed by atoms with Crippen LogP contribution >= 0.6 is 0 Å². The molecule has 0 aliphatic heterocycles. The predicted octanol–water partition coefficient (Wildman–Crippen LogP) is 2.46. The standard InChI is InChI=1S/C20H22N4.2Al.4H/c21-17-9-3-1-7-15(17)13-23-19-11-5-6-12-20(19)24-14-16-8-2-4-10-18(16)22;;;;;;/h1-4,7-10,13-14,19-22H,5-6,11-12H2;;;;;;/q-2;2*+1;;;;/t19-,20-;;;;;;/m1....../s1. The highest BCUT2D eigenvalue weighted by Crippen LogP contribution is 2.25. The van der Waals surface area contributed by atoms with Gasteiger partial charge in [0.15, 0.2) is 0 Å². The lowest BCUT2D eigenvalue weighted by atomic mass is 9.91. The summed E-state index contributed by atoms with van der Waals surface area (Å²) in [6.07, 6.45) is 8.80. The Balaban J connectivity index is 1.75. The van der Waals surface area contributed by atoms with Crippen LogP contribution in [0, 0.1) is 0 Å². The normalized spacial score (nSPS) is 20.5. The van der Waals surface area contributed by atoms with Crippen LogP contribution < -0.4 is 8.60 Å². The van der Waals surface area contributed by atoms with Crippen LogP contribution in [0.1, 0.15) is 36.8 Å². The molecule has 2 aromatic rings. The molecule has 132 valence electrons. The summed E-state index contributed by atoms with van der Waals surface area (Å²) >= 11 is 1.87. The monoisotopic (exact) mass is 376 g/mol.